The minimum absolute atomic E-state index is 0.0167. The van der Waals surface area contributed by atoms with E-state index in [4.69, 9.17) is 28.9 Å². The molecule has 0 saturated heterocycles. The molecule has 176 valence electrons. The summed E-state index contributed by atoms with van der Waals surface area (Å²) in [6.07, 6.45) is 4.80. The highest BCUT2D eigenvalue weighted by molar-refractivity contribution is 7.89. The predicted octanol–water partition coefficient (Wildman–Crippen LogP) is 2.44. The van der Waals surface area contributed by atoms with Crippen LogP contribution in [0.25, 0.3) is 0 Å². The number of aromatic nitrogens is 3. The van der Waals surface area contributed by atoms with Crippen molar-refractivity contribution in [2.24, 2.45) is 0 Å². The van der Waals surface area contributed by atoms with Crippen LogP contribution in [0.15, 0.2) is 47.6 Å². The van der Waals surface area contributed by atoms with E-state index in [1.165, 1.54) is 12.3 Å². The molecule has 3 aromatic rings. The number of hydrogen-bond donors (Lipinski definition) is 1. The van der Waals surface area contributed by atoms with E-state index in [0.717, 1.165) is 17.7 Å². The fraction of sp³-hybridized carbons (Fsp3) is 0.318. The normalized spacial score (nSPS) is 15.5. The van der Waals surface area contributed by atoms with Crippen molar-refractivity contribution in [2.75, 3.05) is 6.61 Å². The van der Waals surface area contributed by atoms with Crippen molar-refractivity contribution < 1.29 is 22.7 Å². The molecule has 0 amide bonds. The van der Waals surface area contributed by atoms with Gasteiger partial charge in [-0.05, 0) is 55.9 Å². The predicted molar refractivity (Wildman–Crippen MR) is 126 cm³/mol. The first-order chi connectivity index (χ1) is 16.3. The van der Waals surface area contributed by atoms with Crippen LogP contribution in [0.2, 0.25) is 5.02 Å². The van der Waals surface area contributed by atoms with Gasteiger partial charge >= 0.3 is 5.97 Å². The van der Waals surface area contributed by atoms with Crippen LogP contribution >= 0.6 is 11.6 Å². The van der Waals surface area contributed by atoms with Gasteiger partial charge in [0.1, 0.15) is 20.1 Å². The Balaban J connectivity index is 1.51. The summed E-state index contributed by atoms with van der Waals surface area (Å²) in [4.78, 5) is 15.8. The molecule has 34 heavy (non-hydrogen) atoms. The van der Waals surface area contributed by atoms with Crippen molar-refractivity contribution in [1.82, 2.24) is 19.5 Å². The van der Waals surface area contributed by atoms with Crippen LogP contribution in [0.4, 0.5) is 0 Å². The summed E-state index contributed by atoms with van der Waals surface area (Å²) in [5.74, 6) is 0.106. The summed E-state index contributed by atoms with van der Waals surface area (Å²) in [6, 6.07) is 7.49. The summed E-state index contributed by atoms with van der Waals surface area (Å²) in [5, 5.41) is 4.75. The number of carbonyl (C=O) groups is 1. The van der Waals surface area contributed by atoms with E-state index in [1.54, 1.807) is 42.1 Å². The smallest absolute Gasteiger partial charge is 0.327 e. The largest absolute Gasteiger partial charge is 0.465 e. The van der Waals surface area contributed by atoms with Crippen LogP contribution in [0.1, 0.15) is 37.1 Å². The van der Waals surface area contributed by atoms with Gasteiger partial charge in [-0.3, -0.25) is 9.48 Å². The third-order valence-electron chi connectivity index (χ3n) is 5.32. The number of esters is 1. The Bertz CT molecular complexity index is 1310. The van der Waals surface area contributed by atoms with Crippen molar-refractivity contribution in [1.29, 1.82) is 0 Å². The van der Waals surface area contributed by atoms with Crippen molar-refractivity contribution in [3.63, 3.8) is 0 Å². The van der Waals surface area contributed by atoms with E-state index in [-0.39, 0.29) is 29.4 Å². The van der Waals surface area contributed by atoms with Crippen molar-refractivity contribution in [3.05, 3.63) is 59.0 Å². The van der Waals surface area contributed by atoms with Gasteiger partial charge in [0.05, 0.1) is 29.9 Å². The SMILES string of the molecule is [B]c1cc(S(=O)(=O)NC2CCCc3c2cnn3CC(=O)OCC)cnc1Oc1cccc(Cl)c1. The Morgan fingerprint density at radius 3 is 2.88 bits per heavy atom. The number of halogens is 1. The highest BCUT2D eigenvalue weighted by atomic mass is 35.5. The molecular weight excluding hydrogens is 479 g/mol. The lowest BCUT2D eigenvalue weighted by Gasteiger charge is -2.24. The van der Waals surface area contributed by atoms with Gasteiger partial charge in [-0.25, -0.2) is 18.1 Å². The summed E-state index contributed by atoms with van der Waals surface area (Å²) in [6.45, 7) is 2.00. The van der Waals surface area contributed by atoms with Gasteiger partial charge in [-0.15, -0.1) is 0 Å². The van der Waals surface area contributed by atoms with Crippen LogP contribution in [0, 0.1) is 0 Å². The maximum atomic E-state index is 13.1. The van der Waals surface area contributed by atoms with Crippen molar-refractivity contribution in [2.45, 2.75) is 43.7 Å². The number of benzene rings is 1. The van der Waals surface area contributed by atoms with Crippen molar-refractivity contribution >= 4 is 40.9 Å². The minimum Gasteiger partial charge on any atom is -0.465 e. The molecule has 0 bridgehead atoms. The average molecular weight is 501 g/mol. The van der Waals surface area contributed by atoms with Crippen LogP contribution in [-0.2, 0) is 32.5 Å². The summed E-state index contributed by atoms with van der Waals surface area (Å²) in [7, 11) is 2.08. The second-order valence-electron chi connectivity index (χ2n) is 7.70. The molecule has 0 spiro atoms. The number of fused-ring (bicyclic) bond motifs is 1. The second kappa shape index (κ2) is 10.2. The zero-order valence-corrected chi connectivity index (χ0v) is 20.0. The quantitative estimate of drug-likeness (QED) is 0.373. The molecule has 0 fully saturated rings. The molecule has 12 heteroatoms. The zero-order valence-electron chi connectivity index (χ0n) is 18.4. The number of rotatable bonds is 8. The lowest BCUT2D eigenvalue weighted by molar-refractivity contribution is -0.144. The van der Waals surface area contributed by atoms with Gasteiger partial charge in [0, 0.05) is 16.3 Å². The highest BCUT2D eigenvalue weighted by Crippen LogP contribution is 2.31. The summed E-state index contributed by atoms with van der Waals surface area (Å²) >= 11 is 5.96. The fourth-order valence-electron chi connectivity index (χ4n) is 3.79. The van der Waals surface area contributed by atoms with E-state index in [0.29, 0.717) is 23.6 Å². The van der Waals surface area contributed by atoms with Gasteiger partial charge in [-0.2, -0.15) is 5.10 Å². The summed E-state index contributed by atoms with van der Waals surface area (Å²) in [5.41, 5.74) is 1.62. The Kier molecular flexibility index (Phi) is 7.25. The van der Waals surface area contributed by atoms with E-state index in [9.17, 15) is 13.2 Å². The molecular formula is C22H22BClN4O5S. The topological polar surface area (TPSA) is 112 Å². The first kappa shape index (κ1) is 24.2. The van der Waals surface area contributed by atoms with Crippen molar-refractivity contribution in [3.8, 4) is 11.6 Å². The number of nitrogens with one attached hydrogen (secondary N) is 1. The van der Waals surface area contributed by atoms with Crippen LogP contribution < -0.4 is 14.9 Å². The zero-order chi connectivity index (χ0) is 24.3. The maximum Gasteiger partial charge on any atom is 0.327 e. The van der Waals surface area contributed by atoms with Gasteiger partial charge < -0.3 is 9.47 Å². The molecule has 9 nitrogen and oxygen atoms in total. The number of ether oxygens (including phenoxy) is 2. The second-order valence-corrected chi connectivity index (χ2v) is 9.85. The lowest BCUT2D eigenvalue weighted by Crippen LogP contribution is -2.32. The van der Waals surface area contributed by atoms with Gasteiger partial charge in [0.15, 0.2) is 0 Å². The first-order valence-corrected chi connectivity index (χ1v) is 12.5. The molecule has 1 aliphatic carbocycles. The number of pyridine rings is 1. The molecule has 1 atom stereocenters. The molecule has 2 aromatic heterocycles. The molecule has 2 radical (unpaired) electrons. The number of nitrogens with zero attached hydrogens (tertiary/aromatic N) is 3. The third kappa shape index (κ3) is 5.43. The monoisotopic (exact) mass is 500 g/mol. The van der Waals surface area contributed by atoms with Gasteiger partial charge in [0.25, 0.3) is 0 Å². The lowest BCUT2D eigenvalue weighted by atomic mass is 9.94. The van der Waals surface area contributed by atoms with Crippen LogP contribution in [0.3, 0.4) is 0 Å². The van der Waals surface area contributed by atoms with E-state index < -0.39 is 22.0 Å². The Labute approximate surface area is 203 Å². The summed E-state index contributed by atoms with van der Waals surface area (Å²) < 4.78 is 41.0. The first-order valence-electron chi connectivity index (χ1n) is 10.7. The van der Waals surface area contributed by atoms with E-state index in [1.807, 2.05) is 0 Å². The molecule has 4 rings (SSSR count). The molecule has 1 aliphatic rings. The average Bonchev–Trinajstić information content (AvgIpc) is 3.19. The maximum absolute atomic E-state index is 13.1. The third-order valence-corrected chi connectivity index (χ3v) is 6.99. The Morgan fingerprint density at radius 1 is 1.32 bits per heavy atom. The molecule has 2 heterocycles. The highest BCUT2D eigenvalue weighted by Gasteiger charge is 2.29. The van der Waals surface area contributed by atoms with Crippen LogP contribution in [0.5, 0.6) is 11.6 Å². The Morgan fingerprint density at radius 2 is 2.15 bits per heavy atom. The van der Waals surface area contributed by atoms with E-state index >= 15 is 0 Å². The van der Waals surface area contributed by atoms with Gasteiger partial charge in [0.2, 0.25) is 15.9 Å². The number of sulfonamides is 1. The molecule has 1 aromatic carbocycles. The standard InChI is InChI=1S/C22H22BClN4O5S/c1-2-32-21(29)13-28-20-8-4-7-19(17(20)12-26-28)27-34(30,31)16-10-18(23)22(25-11-16)33-15-6-3-5-14(24)9-15/h3,5-6,9-12,19,27H,2,4,7-8,13H2,1H3. The molecule has 1 N–H and O–H groups in total. The Hall–Kier alpha value is -2.89. The molecule has 1 unspecified atom stereocenters. The molecule has 0 saturated carbocycles. The number of carbonyl (C=O) groups excluding carboxylic acids is 1. The minimum atomic E-state index is -3.94. The van der Waals surface area contributed by atoms with E-state index in [2.05, 4.69) is 14.8 Å². The molecule has 0 aliphatic heterocycles. The van der Waals surface area contributed by atoms with Gasteiger partial charge in [-0.1, -0.05) is 17.7 Å². The fourth-order valence-corrected chi connectivity index (χ4v) is 5.19. The van der Waals surface area contributed by atoms with Crippen LogP contribution in [-0.4, -0.2) is 43.6 Å². The number of hydrogen-bond acceptors (Lipinski definition) is 7.